The summed E-state index contributed by atoms with van der Waals surface area (Å²) < 4.78 is 30.3. The summed E-state index contributed by atoms with van der Waals surface area (Å²) in [6.45, 7) is 2.32. The number of carbonyl (C=O) groups is 1. The molecule has 6 rings (SSSR count). The Kier molecular flexibility index (Phi) is 5.37. The van der Waals surface area contributed by atoms with Crippen molar-refractivity contribution in [3.63, 3.8) is 0 Å². The maximum Gasteiger partial charge on any atom is 0.322 e. The number of rotatable bonds is 5. The second-order valence-corrected chi connectivity index (χ2v) is 8.50. The topological polar surface area (TPSA) is 89.7 Å². The summed E-state index contributed by atoms with van der Waals surface area (Å²) in [5, 5.41) is 7.16. The van der Waals surface area contributed by atoms with Crippen LogP contribution in [0.4, 0.5) is 9.18 Å². The lowest BCUT2D eigenvalue weighted by Crippen LogP contribution is -2.45. The number of aromatic nitrogens is 2. The highest BCUT2D eigenvalue weighted by atomic mass is 19.1. The first-order valence-electron chi connectivity index (χ1n) is 11.4. The summed E-state index contributed by atoms with van der Waals surface area (Å²) >= 11 is 0. The average Bonchev–Trinajstić information content (AvgIpc) is 3.56. The van der Waals surface area contributed by atoms with Gasteiger partial charge in [-0.05, 0) is 42.3 Å². The van der Waals surface area contributed by atoms with Crippen molar-refractivity contribution in [2.45, 2.75) is 19.5 Å². The molecule has 0 radical (unpaired) electrons. The standard InChI is InChI=1S/C27H21FN4O4/c1-16-23(26-30-25(31-36-26)19-8-5-9-20(28)13-19)24(18-6-3-2-4-7-18)29-27(33)32(16)14-17-10-11-21-22(12-17)35-15-34-21/h2-13,24H,14-15H2,1H3,(H,29,33). The smallest absolute Gasteiger partial charge is 0.322 e. The minimum Gasteiger partial charge on any atom is -0.454 e. The number of nitrogens with zero attached hydrogens (tertiary/aromatic N) is 3. The minimum atomic E-state index is -0.507. The number of hydrogen-bond acceptors (Lipinski definition) is 6. The molecule has 8 nitrogen and oxygen atoms in total. The van der Waals surface area contributed by atoms with Crippen LogP contribution in [0.5, 0.6) is 11.5 Å². The normalized spacial score (nSPS) is 16.9. The van der Waals surface area contributed by atoms with E-state index in [0.717, 1.165) is 11.1 Å². The molecule has 0 saturated heterocycles. The van der Waals surface area contributed by atoms with E-state index in [4.69, 9.17) is 14.0 Å². The first-order chi connectivity index (χ1) is 17.6. The molecule has 2 aliphatic heterocycles. The van der Waals surface area contributed by atoms with Gasteiger partial charge in [0.1, 0.15) is 5.82 Å². The molecule has 1 aromatic heterocycles. The summed E-state index contributed by atoms with van der Waals surface area (Å²) in [5.41, 5.74) is 3.57. The average molecular weight is 484 g/mol. The summed E-state index contributed by atoms with van der Waals surface area (Å²) in [4.78, 5) is 19.5. The van der Waals surface area contributed by atoms with Gasteiger partial charge in [0.2, 0.25) is 12.6 Å². The van der Waals surface area contributed by atoms with Crippen LogP contribution in [0.1, 0.15) is 30.0 Å². The molecule has 4 aromatic rings. The summed E-state index contributed by atoms with van der Waals surface area (Å²) in [6.07, 6.45) is 0. The highest BCUT2D eigenvalue weighted by Crippen LogP contribution is 2.39. The number of allylic oxidation sites excluding steroid dienone is 1. The fraction of sp³-hybridized carbons (Fsp3) is 0.148. The second kappa shape index (κ2) is 8.84. The predicted molar refractivity (Wildman–Crippen MR) is 128 cm³/mol. The third-order valence-electron chi connectivity index (χ3n) is 6.25. The Bertz CT molecular complexity index is 1480. The quantitative estimate of drug-likeness (QED) is 0.413. The Morgan fingerprint density at radius 1 is 1.03 bits per heavy atom. The lowest BCUT2D eigenvalue weighted by molar-refractivity contribution is 0.174. The third-order valence-corrected chi connectivity index (χ3v) is 6.25. The van der Waals surface area contributed by atoms with E-state index in [1.807, 2.05) is 55.5 Å². The van der Waals surface area contributed by atoms with Crippen LogP contribution in [0.25, 0.3) is 17.0 Å². The van der Waals surface area contributed by atoms with Crippen LogP contribution in [0, 0.1) is 5.82 Å². The van der Waals surface area contributed by atoms with E-state index in [9.17, 15) is 9.18 Å². The van der Waals surface area contributed by atoms with E-state index in [1.165, 1.54) is 12.1 Å². The van der Waals surface area contributed by atoms with Crippen LogP contribution in [-0.2, 0) is 6.54 Å². The Labute approximate surface area is 206 Å². The van der Waals surface area contributed by atoms with Crippen LogP contribution in [0.3, 0.4) is 0 Å². The number of nitrogens with one attached hydrogen (secondary N) is 1. The van der Waals surface area contributed by atoms with E-state index in [0.29, 0.717) is 34.9 Å². The molecule has 9 heteroatoms. The van der Waals surface area contributed by atoms with Gasteiger partial charge in [0.15, 0.2) is 11.5 Å². The van der Waals surface area contributed by atoms with E-state index < -0.39 is 11.9 Å². The molecule has 36 heavy (non-hydrogen) atoms. The molecule has 3 aromatic carbocycles. The van der Waals surface area contributed by atoms with Gasteiger partial charge in [0.25, 0.3) is 5.89 Å². The molecule has 0 bridgehead atoms. The van der Waals surface area contributed by atoms with E-state index in [1.54, 1.807) is 17.0 Å². The fourth-order valence-corrected chi connectivity index (χ4v) is 4.44. The van der Waals surface area contributed by atoms with Crippen LogP contribution in [0.15, 0.2) is 83.0 Å². The predicted octanol–water partition coefficient (Wildman–Crippen LogP) is 5.30. The summed E-state index contributed by atoms with van der Waals surface area (Å²) in [6, 6.07) is 20.4. The molecule has 180 valence electrons. The molecular weight excluding hydrogens is 463 g/mol. The molecule has 1 unspecified atom stereocenters. The van der Waals surface area contributed by atoms with Crippen molar-refractivity contribution in [1.82, 2.24) is 20.4 Å². The van der Waals surface area contributed by atoms with Gasteiger partial charge in [-0.3, -0.25) is 4.90 Å². The van der Waals surface area contributed by atoms with Crippen molar-refractivity contribution >= 4 is 11.6 Å². The largest absolute Gasteiger partial charge is 0.454 e. The number of carbonyl (C=O) groups excluding carboxylic acids is 1. The van der Waals surface area contributed by atoms with Crippen molar-refractivity contribution in [3.05, 3.63) is 101 Å². The van der Waals surface area contributed by atoms with E-state index in [-0.39, 0.29) is 24.5 Å². The second-order valence-electron chi connectivity index (χ2n) is 8.50. The minimum absolute atomic E-state index is 0.176. The maximum atomic E-state index is 13.8. The first-order valence-corrected chi connectivity index (χ1v) is 11.4. The molecular formula is C27H21FN4O4. The van der Waals surface area contributed by atoms with Crippen molar-refractivity contribution in [1.29, 1.82) is 0 Å². The van der Waals surface area contributed by atoms with Crippen molar-refractivity contribution in [3.8, 4) is 22.9 Å². The lowest BCUT2D eigenvalue weighted by atomic mass is 9.94. The highest BCUT2D eigenvalue weighted by molar-refractivity contribution is 5.87. The molecule has 2 amide bonds. The fourth-order valence-electron chi connectivity index (χ4n) is 4.44. The van der Waals surface area contributed by atoms with Crippen LogP contribution in [-0.4, -0.2) is 27.9 Å². The zero-order valence-corrected chi connectivity index (χ0v) is 19.3. The number of ether oxygens (including phenoxy) is 2. The summed E-state index contributed by atoms with van der Waals surface area (Å²) in [5.74, 6) is 1.43. The van der Waals surface area contributed by atoms with Gasteiger partial charge in [0.05, 0.1) is 18.2 Å². The zero-order valence-electron chi connectivity index (χ0n) is 19.3. The van der Waals surface area contributed by atoms with Gasteiger partial charge in [-0.1, -0.05) is 53.7 Å². The number of halogens is 1. The van der Waals surface area contributed by atoms with Gasteiger partial charge < -0.3 is 19.3 Å². The van der Waals surface area contributed by atoms with Crippen molar-refractivity contribution < 1.29 is 23.2 Å². The third kappa shape index (κ3) is 3.94. The number of fused-ring (bicyclic) bond motifs is 1. The van der Waals surface area contributed by atoms with Gasteiger partial charge in [-0.25, -0.2) is 9.18 Å². The molecule has 3 heterocycles. The first kappa shape index (κ1) is 21.8. The number of hydrogen-bond donors (Lipinski definition) is 1. The maximum absolute atomic E-state index is 13.8. The number of benzene rings is 3. The molecule has 1 N–H and O–H groups in total. The van der Waals surface area contributed by atoms with Crippen LogP contribution < -0.4 is 14.8 Å². The molecule has 0 spiro atoms. The number of amides is 2. The van der Waals surface area contributed by atoms with Gasteiger partial charge >= 0.3 is 6.03 Å². The van der Waals surface area contributed by atoms with E-state index in [2.05, 4.69) is 15.5 Å². The Morgan fingerprint density at radius 3 is 2.69 bits per heavy atom. The SMILES string of the molecule is CC1=C(c2nc(-c3cccc(F)c3)no2)C(c2ccccc2)NC(=O)N1Cc1ccc2c(c1)OCO2. The zero-order chi connectivity index (χ0) is 24.6. The Balaban J connectivity index is 1.42. The Morgan fingerprint density at radius 2 is 1.86 bits per heavy atom. The summed E-state index contributed by atoms with van der Waals surface area (Å²) in [7, 11) is 0. The van der Waals surface area contributed by atoms with Gasteiger partial charge in [-0.2, -0.15) is 4.98 Å². The number of urea groups is 1. The highest BCUT2D eigenvalue weighted by Gasteiger charge is 2.36. The molecule has 2 aliphatic rings. The molecule has 1 atom stereocenters. The molecule has 0 aliphatic carbocycles. The van der Waals surface area contributed by atoms with Gasteiger partial charge in [-0.15, -0.1) is 0 Å². The Hall–Kier alpha value is -4.66. The van der Waals surface area contributed by atoms with E-state index >= 15 is 0 Å². The molecule has 0 fully saturated rings. The van der Waals surface area contributed by atoms with Crippen molar-refractivity contribution in [2.75, 3.05) is 6.79 Å². The monoisotopic (exact) mass is 484 g/mol. The van der Waals surface area contributed by atoms with Crippen LogP contribution >= 0.6 is 0 Å². The molecule has 0 saturated carbocycles. The van der Waals surface area contributed by atoms with Crippen molar-refractivity contribution in [2.24, 2.45) is 0 Å². The lowest BCUT2D eigenvalue weighted by Gasteiger charge is -2.35. The van der Waals surface area contributed by atoms with Gasteiger partial charge in [0, 0.05) is 11.3 Å². The van der Waals surface area contributed by atoms with Crippen LogP contribution in [0.2, 0.25) is 0 Å².